The number of nitrogens with zero attached hydrogens (tertiary/aromatic N) is 3. The molecule has 1 aliphatic heterocycles. The van der Waals surface area contributed by atoms with Crippen LogP contribution in [0.3, 0.4) is 0 Å². The fraction of sp³-hybridized carbons (Fsp3) is 0.600. The normalized spacial score (nSPS) is 18.1. The third kappa shape index (κ3) is 3.09. The highest BCUT2D eigenvalue weighted by Crippen LogP contribution is 2.28. The van der Waals surface area contributed by atoms with Crippen LogP contribution in [0.25, 0.3) is 0 Å². The van der Waals surface area contributed by atoms with Crippen molar-refractivity contribution in [2.24, 2.45) is 5.92 Å². The number of hydrogen-bond acceptors (Lipinski definition) is 5. The van der Waals surface area contributed by atoms with Crippen molar-refractivity contribution in [3.63, 3.8) is 0 Å². The van der Waals surface area contributed by atoms with E-state index >= 15 is 0 Å². The lowest BCUT2D eigenvalue weighted by Crippen LogP contribution is -2.38. The zero-order valence-corrected chi connectivity index (χ0v) is 12.4. The highest BCUT2D eigenvalue weighted by atomic mass is 16.5. The predicted octanol–water partition coefficient (Wildman–Crippen LogP) is 1.06. The highest BCUT2D eigenvalue weighted by molar-refractivity contribution is 5.91. The van der Waals surface area contributed by atoms with Crippen LogP contribution in [0, 0.1) is 5.92 Å². The lowest BCUT2D eigenvalue weighted by Gasteiger charge is -2.28. The van der Waals surface area contributed by atoms with E-state index in [1.165, 1.54) is 19.0 Å². The Morgan fingerprint density at radius 3 is 2.82 bits per heavy atom. The van der Waals surface area contributed by atoms with Crippen LogP contribution in [-0.4, -0.2) is 38.4 Å². The SMILES string of the molecule is O=C(NO)c1cnc2c(n1)CCN(C(=O)CC1CCCC1)C2. The molecule has 1 saturated carbocycles. The van der Waals surface area contributed by atoms with Gasteiger partial charge in [0.2, 0.25) is 5.91 Å². The first-order chi connectivity index (χ1) is 10.7. The Labute approximate surface area is 128 Å². The number of carbonyl (C=O) groups excluding carboxylic acids is 2. The Hall–Kier alpha value is -2.02. The summed E-state index contributed by atoms with van der Waals surface area (Å²) in [6.45, 7) is 1.06. The van der Waals surface area contributed by atoms with E-state index in [0.717, 1.165) is 24.2 Å². The Balaban J connectivity index is 1.65. The topological polar surface area (TPSA) is 95.4 Å². The second-order valence-electron chi connectivity index (χ2n) is 6.01. The van der Waals surface area contributed by atoms with Gasteiger partial charge in [-0.3, -0.25) is 19.8 Å². The van der Waals surface area contributed by atoms with Gasteiger partial charge in [-0.15, -0.1) is 0 Å². The summed E-state index contributed by atoms with van der Waals surface area (Å²) in [6.07, 6.45) is 7.35. The summed E-state index contributed by atoms with van der Waals surface area (Å²) in [4.78, 5) is 34.0. The number of carbonyl (C=O) groups is 2. The maximum Gasteiger partial charge on any atom is 0.294 e. The molecule has 0 spiro atoms. The fourth-order valence-corrected chi connectivity index (χ4v) is 3.26. The van der Waals surface area contributed by atoms with Gasteiger partial charge >= 0.3 is 0 Å². The molecular formula is C15H20N4O3. The average Bonchev–Trinajstić information content (AvgIpc) is 3.06. The molecular weight excluding hydrogens is 284 g/mol. The van der Waals surface area contributed by atoms with Gasteiger partial charge < -0.3 is 4.90 Å². The van der Waals surface area contributed by atoms with Gasteiger partial charge in [-0.05, 0) is 18.8 Å². The zero-order chi connectivity index (χ0) is 15.5. The number of nitrogens with one attached hydrogen (secondary N) is 1. The Morgan fingerprint density at radius 1 is 1.32 bits per heavy atom. The summed E-state index contributed by atoms with van der Waals surface area (Å²) in [6, 6.07) is 0. The van der Waals surface area contributed by atoms with Gasteiger partial charge in [0.25, 0.3) is 5.91 Å². The molecule has 0 saturated heterocycles. The Morgan fingerprint density at radius 2 is 2.09 bits per heavy atom. The number of aromatic nitrogens is 2. The summed E-state index contributed by atoms with van der Waals surface area (Å²) in [5.41, 5.74) is 3.10. The van der Waals surface area contributed by atoms with Crippen LogP contribution in [0.2, 0.25) is 0 Å². The number of rotatable bonds is 3. The minimum atomic E-state index is -0.671. The van der Waals surface area contributed by atoms with Crippen molar-refractivity contribution in [1.82, 2.24) is 20.3 Å². The van der Waals surface area contributed by atoms with E-state index in [0.29, 0.717) is 31.8 Å². The smallest absolute Gasteiger partial charge is 0.294 e. The van der Waals surface area contributed by atoms with E-state index in [-0.39, 0.29) is 11.6 Å². The third-order valence-electron chi connectivity index (χ3n) is 4.52. The first kappa shape index (κ1) is 14.9. The minimum absolute atomic E-state index is 0.0898. The lowest BCUT2D eigenvalue weighted by atomic mass is 10.0. The van der Waals surface area contributed by atoms with Gasteiger partial charge in [0.05, 0.1) is 24.1 Å². The monoisotopic (exact) mass is 304 g/mol. The summed E-state index contributed by atoms with van der Waals surface area (Å²) in [5.74, 6) is 0.0576. The van der Waals surface area contributed by atoms with Gasteiger partial charge in [-0.25, -0.2) is 10.5 Å². The highest BCUT2D eigenvalue weighted by Gasteiger charge is 2.26. The molecule has 1 aromatic heterocycles. The van der Waals surface area contributed by atoms with Gasteiger partial charge in [0, 0.05) is 19.4 Å². The van der Waals surface area contributed by atoms with Gasteiger partial charge in [0.1, 0.15) is 5.69 Å². The van der Waals surface area contributed by atoms with Gasteiger partial charge in [-0.2, -0.15) is 0 Å². The van der Waals surface area contributed by atoms with Gasteiger partial charge in [0.15, 0.2) is 0 Å². The summed E-state index contributed by atoms with van der Waals surface area (Å²) >= 11 is 0. The summed E-state index contributed by atoms with van der Waals surface area (Å²) < 4.78 is 0. The quantitative estimate of drug-likeness (QED) is 0.643. The van der Waals surface area contributed by atoms with Crippen LogP contribution in [-0.2, 0) is 17.8 Å². The molecule has 7 nitrogen and oxygen atoms in total. The summed E-state index contributed by atoms with van der Waals surface area (Å²) in [5, 5.41) is 8.62. The van der Waals surface area contributed by atoms with Crippen molar-refractivity contribution in [2.75, 3.05) is 6.54 Å². The molecule has 0 radical (unpaired) electrons. The Kier molecular flexibility index (Phi) is 4.33. The summed E-state index contributed by atoms with van der Waals surface area (Å²) in [7, 11) is 0. The van der Waals surface area contributed by atoms with E-state index in [1.807, 2.05) is 4.90 Å². The molecule has 2 aliphatic rings. The first-order valence-electron chi connectivity index (χ1n) is 7.74. The van der Waals surface area contributed by atoms with E-state index in [4.69, 9.17) is 5.21 Å². The molecule has 2 N–H and O–H groups in total. The van der Waals surface area contributed by atoms with Crippen molar-refractivity contribution in [1.29, 1.82) is 0 Å². The van der Waals surface area contributed by atoms with E-state index < -0.39 is 5.91 Å². The van der Waals surface area contributed by atoms with Crippen molar-refractivity contribution in [3.8, 4) is 0 Å². The van der Waals surface area contributed by atoms with Crippen LogP contribution < -0.4 is 5.48 Å². The fourth-order valence-electron chi connectivity index (χ4n) is 3.26. The van der Waals surface area contributed by atoms with Crippen molar-refractivity contribution in [2.45, 2.75) is 45.1 Å². The second kappa shape index (κ2) is 6.39. The van der Waals surface area contributed by atoms with Crippen LogP contribution >= 0.6 is 0 Å². The maximum atomic E-state index is 12.4. The van der Waals surface area contributed by atoms with E-state index in [2.05, 4.69) is 9.97 Å². The molecule has 3 rings (SSSR count). The molecule has 2 amide bonds. The number of amides is 2. The minimum Gasteiger partial charge on any atom is -0.336 e. The molecule has 1 fully saturated rings. The standard InChI is InChI=1S/C15H20N4O3/c20-14(7-10-3-1-2-4-10)19-6-5-11-13(9-19)16-8-12(17-11)15(21)18-22/h8,10,22H,1-7,9H2,(H,18,21). The van der Waals surface area contributed by atoms with E-state index in [1.54, 1.807) is 5.48 Å². The van der Waals surface area contributed by atoms with Crippen LogP contribution in [0.4, 0.5) is 0 Å². The van der Waals surface area contributed by atoms with Crippen molar-refractivity contribution >= 4 is 11.8 Å². The molecule has 0 aromatic carbocycles. The zero-order valence-electron chi connectivity index (χ0n) is 12.4. The molecule has 1 aliphatic carbocycles. The number of fused-ring (bicyclic) bond motifs is 1. The maximum absolute atomic E-state index is 12.4. The molecule has 1 aromatic rings. The molecule has 22 heavy (non-hydrogen) atoms. The number of hydrogen-bond donors (Lipinski definition) is 2. The largest absolute Gasteiger partial charge is 0.336 e. The third-order valence-corrected chi connectivity index (χ3v) is 4.52. The average molecular weight is 304 g/mol. The molecule has 0 unspecified atom stereocenters. The molecule has 7 heteroatoms. The first-order valence-corrected chi connectivity index (χ1v) is 7.74. The van der Waals surface area contributed by atoms with Crippen LogP contribution in [0.5, 0.6) is 0 Å². The van der Waals surface area contributed by atoms with Crippen molar-refractivity contribution in [3.05, 3.63) is 23.3 Å². The number of hydroxylamine groups is 1. The molecule has 118 valence electrons. The predicted molar refractivity (Wildman–Crippen MR) is 77.0 cm³/mol. The molecule has 0 atom stereocenters. The van der Waals surface area contributed by atoms with E-state index in [9.17, 15) is 9.59 Å². The Bertz CT molecular complexity index is 584. The van der Waals surface area contributed by atoms with Gasteiger partial charge in [-0.1, -0.05) is 12.8 Å². The second-order valence-corrected chi connectivity index (χ2v) is 6.01. The molecule has 2 heterocycles. The lowest BCUT2D eigenvalue weighted by molar-refractivity contribution is -0.133. The van der Waals surface area contributed by atoms with Crippen LogP contribution in [0.1, 0.15) is 54.0 Å². The molecule has 0 bridgehead atoms. The van der Waals surface area contributed by atoms with Crippen molar-refractivity contribution < 1.29 is 14.8 Å². The van der Waals surface area contributed by atoms with Crippen LogP contribution in [0.15, 0.2) is 6.20 Å².